The fourth-order valence-electron chi connectivity index (χ4n) is 3.51. The van der Waals surface area contributed by atoms with Gasteiger partial charge in [-0.25, -0.2) is 0 Å². The molecular weight excluding hydrogens is 439 g/mol. The zero-order valence-corrected chi connectivity index (χ0v) is 20.1. The molecular formula is C20H43IN4O. The average Bonchev–Trinajstić information content (AvgIpc) is 2.60. The van der Waals surface area contributed by atoms with Crippen LogP contribution in [0.25, 0.3) is 0 Å². The van der Waals surface area contributed by atoms with Crippen molar-refractivity contribution >= 4 is 29.9 Å². The van der Waals surface area contributed by atoms with Gasteiger partial charge in [-0.2, -0.15) is 0 Å². The molecule has 1 fully saturated rings. The Balaban J connectivity index is 0.00000625. The highest BCUT2D eigenvalue weighted by Crippen LogP contribution is 2.16. The molecule has 0 aromatic carbocycles. The van der Waals surface area contributed by atoms with Gasteiger partial charge >= 0.3 is 0 Å². The molecule has 2 N–H and O–H groups in total. The lowest BCUT2D eigenvalue weighted by Gasteiger charge is -2.33. The lowest BCUT2D eigenvalue weighted by atomic mass is 10.0. The van der Waals surface area contributed by atoms with E-state index < -0.39 is 0 Å². The molecule has 2 unspecified atom stereocenters. The molecule has 6 heteroatoms. The van der Waals surface area contributed by atoms with Crippen LogP contribution in [0.1, 0.15) is 66.2 Å². The Kier molecular flexibility index (Phi) is 15.9. The van der Waals surface area contributed by atoms with E-state index in [1.807, 2.05) is 7.05 Å². The summed E-state index contributed by atoms with van der Waals surface area (Å²) in [4.78, 5) is 6.97. The number of hydrogen-bond donors (Lipinski definition) is 2. The van der Waals surface area contributed by atoms with Gasteiger partial charge in [0.1, 0.15) is 0 Å². The molecule has 1 aliphatic heterocycles. The minimum Gasteiger partial charge on any atom is -0.378 e. The van der Waals surface area contributed by atoms with E-state index >= 15 is 0 Å². The lowest BCUT2D eigenvalue weighted by Crippen LogP contribution is -2.40. The van der Waals surface area contributed by atoms with Gasteiger partial charge in [0.05, 0.1) is 6.10 Å². The number of nitrogens with one attached hydrogen (secondary N) is 2. The summed E-state index contributed by atoms with van der Waals surface area (Å²) < 4.78 is 5.79. The van der Waals surface area contributed by atoms with Crippen LogP contribution < -0.4 is 10.6 Å². The minimum atomic E-state index is 0. The second-order valence-electron chi connectivity index (χ2n) is 7.54. The Hall–Kier alpha value is -0.0800. The van der Waals surface area contributed by atoms with Crippen molar-refractivity contribution in [3.05, 3.63) is 0 Å². The predicted molar refractivity (Wildman–Crippen MR) is 124 cm³/mol. The fourth-order valence-corrected chi connectivity index (χ4v) is 3.51. The van der Waals surface area contributed by atoms with Crippen molar-refractivity contribution in [3.63, 3.8) is 0 Å². The topological polar surface area (TPSA) is 48.9 Å². The van der Waals surface area contributed by atoms with Crippen LogP contribution in [0.3, 0.4) is 0 Å². The fraction of sp³-hybridized carbons (Fsp3) is 0.950. The average molecular weight is 482 g/mol. The molecule has 0 aromatic heterocycles. The third-order valence-corrected chi connectivity index (χ3v) is 5.17. The number of aliphatic imine (C=N–C) groups is 1. The molecule has 0 radical (unpaired) electrons. The summed E-state index contributed by atoms with van der Waals surface area (Å²) in [7, 11) is 1.84. The van der Waals surface area contributed by atoms with Gasteiger partial charge in [0.2, 0.25) is 0 Å². The van der Waals surface area contributed by atoms with Gasteiger partial charge in [-0.3, -0.25) is 4.99 Å². The zero-order valence-electron chi connectivity index (χ0n) is 17.7. The molecule has 0 aliphatic carbocycles. The summed E-state index contributed by atoms with van der Waals surface area (Å²) in [5.74, 6) is 1.46. The number of nitrogens with zero attached hydrogens (tertiary/aromatic N) is 2. The van der Waals surface area contributed by atoms with Crippen molar-refractivity contribution in [3.8, 4) is 0 Å². The Morgan fingerprint density at radius 3 is 2.54 bits per heavy atom. The van der Waals surface area contributed by atoms with Gasteiger partial charge in [0, 0.05) is 32.8 Å². The summed E-state index contributed by atoms with van der Waals surface area (Å²) in [6.45, 7) is 14.1. The predicted octanol–water partition coefficient (Wildman–Crippen LogP) is 3.88. The normalized spacial score (nSPS) is 19.9. The van der Waals surface area contributed by atoms with Gasteiger partial charge in [0.15, 0.2) is 5.96 Å². The van der Waals surface area contributed by atoms with E-state index in [9.17, 15) is 0 Å². The number of piperidine rings is 1. The maximum Gasteiger partial charge on any atom is 0.190 e. The second-order valence-corrected chi connectivity index (χ2v) is 7.54. The van der Waals surface area contributed by atoms with Crippen LogP contribution in [0.2, 0.25) is 0 Å². The van der Waals surface area contributed by atoms with E-state index in [1.165, 1.54) is 45.2 Å². The third kappa shape index (κ3) is 10.9. The van der Waals surface area contributed by atoms with Crippen LogP contribution in [0.4, 0.5) is 0 Å². The standard InChI is InChI=1S/C20H42N4O.HI/c1-6-25-19(17(2)3)12-14-23-20(21-5)22-13-8-10-16-24-15-9-7-11-18(24)4;/h17-19H,6-16H2,1-5H3,(H2,21,22,23);1H. The van der Waals surface area contributed by atoms with Crippen molar-refractivity contribution in [2.24, 2.45) is 10.9 Å². The SMILES string of the molecule is CCOC(CCNC(=NC)NCCCCN1CCCCC1C)C(C)C.I. The van der Waals surface area contributed by atoms with E-state index in [0.29, 0.717) is 12.0 Å². The van der Waals surface area contributed by atoms with Gasteiger partial charge in [0.25, 0.3) is 0 Å². The minimum absolute atomic E-state index is 0. The van der Waals surface area contributed by atoms with Crippen LogP contribution >= 0.6 is 24.0 Å². The van der Waals surface area contributed by atoms with Crippen molar-refractivity contribution in [2.45, 2.75) is 78.4 Å². The Morgan fingerprint density at radius 1 is 1.19 bits per heavy atom. The van der Waals surface area contributed by atoms with Crippen molar-refractivity contribution in [1.29, 1.82) is 0 Å². The molecule has 156 valence electrons. The van der Waals surface area contributed by atoms with E-state index in [1.54, 1.807) is 0 Å². The number of guanidine groups is 1. The Labute approximate surface area is 179 Å². The quantitative estimate of drug-likeness (QED) is 0.203. The van der Waals surface area contributed by atoms with Crippen LogP contribution in [-0.4, -0.2) is 62.8 Å². The molecule has 26 heavy (non-hydrogen) atoms. The molecule has 0 saturated carbocycles. The number of halogens is 1. The summed E-state index contributed by atoms with van der Waals surface area (Å²) in [5, 5.41) is 6.84. The maximum absolute atomic E-state index is 5.79. The molecule has 5 nitrogen and oxygen atoms in total. The summed E-state index contributed by atoms with van der Waals surface area (Å²) in [6.07, 6.45) is 7.93. The molecule has 2 atom stereocenters. The summed E-state index contributed by atoms with van der Waals surface area (Å²) >= 11 is 0. The number of likely N-dealkylation sites (tertiary alicyclic amines) is 1. The first kappa shape index (κ1) is 25.9. The van der Waals surface area contributed by atoms with E-state index in [2.05, 4.69) is 48.2 Å². The molecule has 1 saturated heterocycles. The molecule has 0 amide bonds. The smallest absolute Gasteiger partial charge is 0.190 e. The molecule has 0 spiro atoms. The maximum atomic E-state index is 5.79. The molecule has 0 bridgehead atoms. The van der Waals surface area contributed by atoms with Crippen molar-refractivity contribution < 1.29 is 4.74 Å². The van der Waals surface area contributed by atoms with Crippen LogP contribution in [-0.2, 0) is 4.74 Å². The third-order valence-electron chi connectivity index (χ3n) is 5.17. The highest BCUT2D eigenvalue weighted by molar-refractivity contribution is 14.0. The first-order chi connectivity index (χ1) is 12.1. The van der Waals surface area contributed by atoms with Gasteiger partial charge in [-0.05, 0) is 65.0 Å². The van der Waals surface area contributed by atoms with Crippen LogP contribution in [0.5, 0.6) is 0 Å². The number of hydrogen-bond acceptors (Lipinski definition) is 3. The molecule has 1 heterocycles. The molecule has 1 rings (SSSR count). The first-order valence-electron chi connectivity index (χ1n) is 10.4. The van der Waals surface area contributed by atoms with Crippen LogP contribution in [0, 0.1) is 5.92 Å². The zero-order chi connectivity index (χ0) is 18.5. The van der Waals surface area contributed by atoms with Gasteiger partial charge in [-0.1, -0.05) is 20.3 Å². The van der Waals surface area contributed by atoms with Crippen molar-refractivity contribution in [2.75, 3.05) is 39.8 Å². The van der Waals surface area contributed by atoms with E-state index in [4.69, 9.17) is 4.74 Å². The van der Waals surface area contributed by atoms with E-state index in [0.717, 1.165) is 38.1 Å². The lowest BCUT2D eigenvalue weighted by molar-refractivity contribution is 0.0258. The number of ether oxygens (including phenoxy) is 1. The van der Waals surface area contributed by atoms with Crippen molar-refractivity contribution in [1.82, 2.24) is 15.5 Å². The second kappa shape index (κ2) is 15.9. The first-order valence-corrected chi connectivity index (χ1v) is 10.4. The number of rotatable bonds is 11. The Morgan fingerprint density at radius 2 is 1.92 bits per heavy atom. The largest absolute Gasteiger partial charge is 0.378 e. The van der Waals surface area contributed by atoms with Gasteiger partial charge < -0.3 is 20.3 Å². The summed E-state index contributed by atoms with van der Waals surface area (Å²) in [5.41, 5.74) is 0. The van der Waals surface area contributed by atoms with Crippen LogP contribution in [0.15, 0.2) is 4.99 Å². The molecule has 0 aromatic rings. The Bertz CT molecular complexity index is 366. The highest BCUT2D eigenvalue weighted by atomic mass is 127. The highest BCUT2D eigenvalue weighted by Gasteiger charge is 2.17. The summed E-state index contributed by atoms with van der Waals surface area (Å²) in [6, 6.07) is 0.774. The monoisotopic (exact) mass is 482 g/mol. The molecule has 1 aliphatic rings. The number of unbranched alkanes of at least 4 members (excludes halogenated alkanes) is 1. The van der Waals surface area contributed by atoms with E-state index in [-0.39, 0.29) is 24.0 Å². The van der Waals surface area contributed by atoms with Gasteiger partial charge in [-0.15, -0.1) is 24.0 Å².